The van der Waals surface area contributed by atoms with Gasteiger partial charge in [-0.05, 0) is 49.7 Å². The summed E-state index contributed by atoms with van der Waals surface area (Å²) >= 11 is 3.31. The van der Waals surface area contributed by atoms with Crippen LogP contribution in [0.3, 0.4) is 0 Å². The first kappa shape index (κ1) is 17.2. The van der Waals surface area contributed by atoms with E-state index < -0.39 is 17.6 Å². The number of anilines is 1. The molecule has 2 amide bonds. The largest absolute Gasteiger partial charge is 0.502 e. The molecule has 0 aliphatic carbocycles. The summed E-state index contributed by atoms with van der Waals surface area (Å²) in [6.45, 7) is 3.83. The van der Waals surface area contributed by atoms with Crippen molar-refractivity contribution in [3.8, 4) is 5.75 Å². The number of rotatable bonds is 4. The van der Waals surface area contributed by atoms with Gasteiger partial charge in [0.05, 0.1) is 17.4 Å². The maximum absolute atomic E-state index is 12.7. The zero-order valence-electron chi connectivity index (χ0n) is 13.7. The number of carbonyl (C=O) groups excluding carboxylic acids is 2. The first-order valence-corrected chi connectivity index (χ1v) is 8.52. The van der Waals surface area contributed by atoms with Crippen LogP contribution in [-0.2, 0) is 9.59 Å². The van der Waals surface area contributed by atoms with Gasteiger partial charge in [-0.1, -0.05) is 34.1 Å². The van der Waals surface area contributed by atoms with Gasteiger partial charge < -0.3 is 9.84 Å². The molecule has 1 aliphatic rings. The molecule has 0 spiro atoms. The lowest BCUT2D eigenvalue weighted by Crippen LogP contribution is -2.31. The Bertz CT molecular complexity index is 871. The molecule has 0 saturated carbocycles. The minimum Gasteiger partial charge on any atom is -0.502 e. The van der Waals surface area contributed by atoms with Gasteiger partial charge in [0.2, 0.25) is 0 Å². The molecule has 0 bridgehead atoms. The fraction of sp³-hybridized carbons (Fsp3) is 0.158. The molecular formula is C19H16BrNO4. The van der Waals surface area contributed by atoms with E-state index in [0.29, 0.717) is 17.0 Å². The van der Waals surface area contributed by atoms with Crippen LogP contribution in [0, 0.1) is 0 Å². The van der Waals surface area contributed by atoms with Crippen molar-refractivity contribution in [1.29, 1.82) is 0 Å². The lowest BCUT2D eigenvalue weighted by Gasteiger charge is -2.15. The average molecular weight is 402 g/mol. The maximum Gasteiger partial charge on any atom is 0.301 e. The van der Waals surface area contributed by atoms with Crippen LogP contribution in [0.4, 0.5) is 5.69 Å². The first-order valence-electron chi connectivity index (χ1n) is 7.73. The summed E-state index contributed by atoms with van der Waals surface area (Å²) in [6.07, 6.45) is 0.0279. The molecule has 3 rings (SSSR count). The molecule has 0 fully saturated rings. The van der Waals surface area contributed by atoms with Gasteiger partial charge >= 0.3 is 5.91 Å². The molecule has 25 heavy (non-hydrogen) atoms. The second-order valence-electron chi connectivity index (χ2n) is 5.84. The molecular weight excluding hydrogens is 386 g/mol. The van der Waals surface area contributed by atoms with E-state index in [9.17, 15) is 14.7 Å². The van der Waals surface area contributed by atoms with Gasteiger partial charge in [-0.2, -0.15) is 0 Å². The Morgan fingerprint density at radius 2 is 1.72 bits per heavy atom. The normalized spacial score (nSPS) is 14.6. The number of imide groups is 1. The van der Waals surface area contributed by atoms with Gasteiger partial charge in [0, 0.05) is 4.47 Å². The average Bonchev–Trinajstić information content (AvgIpc) is 2.78. The highest BCUT2D eigenvalue weighted by Gasteiger charge is 2.40. The topological polar surface area (TPSA) is 66.8 Å². The summed E-state index contributed by atoms with van der Waals surface area (Å²) < 4.78 is 6.29. The number of hydrogen-bond acceptors (Lipinski definition) is 4. The van der Waals surface area contributed by atoms with Crippen molar-refractivity contribution in [3.63, 3.8) is 0 Å². The molecule has 0 aromatic heterocycles. The second-order valence-corrected chi connectivity index (χ2v) is 6.76. The van der Waals surface area contributed by atoms with Crippen LogP contribution >= 0.6 is 15.9 Å². The van der Waals surface area contributed by atoms with E-state index in [1.165, 1.54) is 0 Å². The number of carbonyl (C=O) groups is 2. The highest BCUT2D eigenvalue weighted by atomic mass is 79.9. The number of ether oxygens (including phenoxy) is 1. The van der Waals surface area contributed by atoms with E-state index in [1.54, 1.807) is 48.5 Å². The predicted molar refractivity (Wildman–Crippen MR) is 98.4 cm³/mol. The Morgan fingerprint density at radius 3 is 2.32 bits per heavy atom. The molecule has 1 aliphatic heterocycles. The highest BCUT2D eigenvalue weighted by Crippen LogP contribution is 2.33. The lowest BCUT2D eigenvalue weighted by atomic mass is 10.1. The lowest BCUT2D eigenvalue weighted by molar-refractivity contribution is -0.121. The third-order valence-corrected chi connectivity index (χ3v) is 4.13. The Hall–Kier alpha value is -2.60. The maximum atomic E-state index is 12.7. The minimum atomic E-state index is -0.736. The van der Waals surface area contributed by atoms with Gasteiger partial charge in [-0.3, -0.25) is 9.59 Å². The van der Waals surface area contributed by atoms with E-state index >= 15 is 0 Å². The van der Waals surface area contributed by atoms with Crippen molar-refractivity contribution in [1.82, 2.24) is 0 Å². The van der Waals surface area contributed by atoms with E-state index in [2.05, 4.69) is 15.9 Å². The molecule has 6 heteroatoms. The van der Waals surface area contributed by atoms with Gasteiger partial charge in [0.1, 0.15) is 5.75 Å². The van der Waals surface area contributed by atoms with Gasteiger partial charge in [0.15, 0.2) is 5.76 Å². The molecule has 5 nitrogen and oxygen atoms in total. The third kappa shape index (κ3) is 3.30. The molecule has 0 saturated heterocycles. The summed E-state index contributed by atoms with van der Waals surface area (Å²) in [5.41, 5.74) is 0.844. The fourth-order valence-corrected chi connectivity index (χ4v) is 2.99. The minimum absolute atomic E-state index is 0.0129. The van der Waals surface area contributed by atoms with Crippen molar-refractivity contribution >= 4 is 39.0 Å². The summed E-state index contributed by atoms with van der Waals surface area (Å²) in [5.74, 6) is -1.19. The van der Waals surface area contributed by atoms with Gasteiger partial charge in [-0.25, -0.2) is 4.90 Å². The summed E-state index contributed by atoms with van der Waals surface area (Å²) in [4.78, 5) is 26.1. The molecule has 0 unspecified atom stereocenters. The molecule has 0 atom stereocenters. The molecule has 1 N–H and O–H groups in total. The number of hydrogen-bond donors (Lipinski definition) is 1. The van der Waals surface area contributed by atoms with Crippen molar-refractivity contribution in [2.75, 3.05) is 4.90 Å². The molecule has 2 aromatic carbocycles. The fourth-order valence-electron chi connectivity index (χ4n) is 2.60. The van der Waals surface area contributed by atoms with E-state index in [0.717, 1.165) is 9.37 Å². The van der Waals surface area contributed by atoms with Gasteiger partial charge in [0.25, 0.3) is 5.91 Å². The van der Waals surface area contributed by atoms with E-state index in [1.807, 2.05) is 13.8 Å². The number of aliphatic hydroxyl groups is 1. The van der Waals surface area contributed by atoms with Gasteiger partial charge in [-0.15, -0.1) is 0 Å². The zero-order valence-corrected chi connectivity index (χ0v) is 15.3. The zero-order chi connectivity index (χ0) is 18.1. The number of nitrogens with zero attached hydrogens (tertiary/aromatic N) is 1. The van der Waals surface area contributed by atoms with Crippen LogP contribution in [0.25, 0.3) is 5.57 Å². The van der Waals surface area contributed by atoms with Crippen LogP contribution in [0.15, 0.2) is 58.8 Å². The van der Waals surface area contributed by atoms with E-state index in [4.69, 9.17) is 4.74 Å². The third-order valence-electron chi connectivity index (χ3n) is 3.64. The van der Waals surface area contributed by atoms with Crippen molar-refractivity contribution in [2.45, 2.75) is 20.0 Å². The first-order chi connectivity index (χ1) is 11.9. The highest BCUT2D eigenvalue weighted by molar-refractivity contribution is 9.10. The molecule has 128 valence electrons. The van der Waals surface area contributed by atoms with Crippen molar-refractivity contribution in [3.05, 3.63) is 64.3 Å². The Kier molecular flexibility index (Phi) is 4.63. The Balaban J connectivity index is 1.94. The molecule has 1 heterocycles. The number of benzene rings is 2. The van der Waals surface area contributed by atoms with Crippen LogP contribution in [0.1, 0.15) is 19.4 Å². The van der Waals surface area contributed by atoms with Crippen LogP contribution in [0.5, 0.6) is 5.75 Å². The summed E-state index contributed by atoms with van der Waals surface area (Å²) in [6, 6.07) is 13.5. The summed E-state index contributed by atoms with van der Waals surface area (Å²) in [7, 11) is 0. The van der Waals surface area contributed by atoms with E-state index in [-0.39, 0.29) is 11.7 Å². The smallest absolute Gasteiger partial charge is 0.301 e. The van der Waals surface area contributed by atoms with Crippen LogP contribution < -0.4 is 9.64 Å². The van der Waals surface area contributed by atoms with Crippen LogP contribution in [-0.4, -0.2) is 23.0 Å². The second kappa shape index (κ2) is 6.72. The SMILES string of the molecule is CC(C)Oc1ccc(C2=C(O)C(=O)N(c3cccc(Br)c3)C2=O)cc1. The van der Waals surface area contributed by atoms with Crippen LogP contribution in [0.2, 0.25) is 0 Å². The van der Waals surface area contributed by atoms with Crippen molar-refractivity contribution < 1.29 is 19.4 Å². The van der Waals surface area contributed by atoms with Crippen molar-refractivity contribution in [2.24, 2.45) is 0 Å². The summed E-state index contributed by atoms with van der Waals surface area (Å²) in [5, 5.41) is 10.2. The number of amides is 2. The number of aliphatic hydroxyl groups excluding tert-OH is 1. The number of halogens is 1. The predicted octanol–water partition coefficient (Wildman–Crippen LogP) is 4.08. The monoisotopic (exact) mass is 401 g/mol. The molecule has 2 aromatic rings. The molecule has 0 radical (unpaired) electrons. The Morgan fingerprint density at radius 1 is 1.04 bits per heavy atom. The quantitative estimate of drug-likeness (QED) is 0.783. The standard InChI is InChI=1S/C19H16BrNO4/c1-11(2)25-15-8-6-12(7-9-15)16-17(22)19(24)21(18(16)23)14-5-3-4-13(20)10-14/h3-11,22H,1-2H3. The Labute approximate surface area is 153 Å².